The molecule has 0 unspecified atom stereocenters. The summed E-state index contributed by atoms with van der Waals surface area (Å²) in [5.41, 5.74) is 0. The Bertz CT molecular complexity index is 210. The number of carbonyl (C=O) groups excluding carboxylic acids is 1. The molecule has 0 rings (SSSR count). The summed E-state index contributed by atoms with van der Waals surface area (Å²) in [5, 5.41) is 9.00. The fraction of sp³-hybridized carbons (Fsp3) is 0.727. The third-order valence-corrected chi connectivity index (χ3v) is 2.23. The molecule has 0 spiro atoms. The van der Waals surface area contributed by atoms with E-state index in [2.05, 4.69) is 18.7 Å². The predicted octanol–water partition coefficient (Wildman–Crippen LogP) is 1.72. The number of esters is 1. The molecule has 0 radical (unpaired) electrons. The Hall–Kier alpha value is -1.03. The molecule has 0 aliphatic rings. The van der Waals surface area contributed by atoms with Gasteiger partial charge in [0, 0.05) is 6.54 Å². The van der Waals surface area contributed by atoms with E-state index in [9.17, 15) is 4.79 Å². The first-order valence-corrected chi connectivity index (χ1v) is 5.40. The fourth-order valence-corrected chi connectivity index (χ4v) is 1.18. The molecule has 1 N–H and O–H groups in total. The molecule has 0 amide bonds. The van der Waals surface area contributed by atoms with Gasteiger partial charge >= 0.3 is 5.97 Å². The molecule has 0 saturated heterocycles. The molecule has 0 heterocycles. The molecule has 4 nitrogen and oxygen atoms in total. The lowest BCUT2D eigenvalue weighted by Crippen LogP contribution is -2.25. The zero-order valence-corrected chi connectivity index (χ0v) is 9.82. The van der Waals surface area contributed by atoms with Gasteiger partial charge in [-0.3, -0.25) is 0 Å². The zero-order chi connectivity index (χ0) is 11.7. The van der Waals surface area contributed by atoms with Crippen molar-refractivity contribution >= 4 is 5.97 Å². The van der Waals surface area contributed by atoms with Crippen LogP contribution in [-0.2, 0) is 9.53 Å². The van der Waals surface area contributed by atoms with Gasteiger partial charge in [0.1, 0.15) is 0 Å². The number of rotatable bonds is 7. The summed E-state index contributed by atoms with van der Waals surface area (Å²) >= 11 is 0. The van der Waals surface area contributed by atoms with Crippen molar-refractivity contribution in [1.29, 1.82) is 0 Å². The minimum atomic E-state index is -0.642. The number of aliphatic hydroxyl groups is 1. The van der Waals surface area contributed by atoms with Gasteiger partial charge in [-0.15, -0.1) is 0 Å². The number of aliphatic hydroxyl groups excluding tert-OH is 1. The maximum Gasteiger partial charge on any atom is 0.373 e. The van der Waals surface area contributed by atoms with Crippen LogP contribution in [0.15, 0.2) is 11.8 Å². The second-order valence-corrected chi connectivity index (χ2v) is 3.19. The van der Waals surface area contributed by atoms with Crippen molar-refractivity contribution in [3.05, 3.63) is 11.8 Å². The number of ether oxygens (including phenoxy) is 1. The summed E-state index contributed by atoms with van der Waals surface area (Å²) in [4.78, 5) is 13.3. The van der Waals surface area contributed by atoms with E-state index in [0.29, 0.717) is 6.61 Å². The Balaban J connectivity index is 3.58. The van der Waals surface area contributed by atoms with Crippen LogP contribution in [0.25, 0.3) is 0 Å². The topological polar surface area (TPSA) is 49.8 Å². The molecule has 0 aromatic rings. The van der Waals surface area contributed by atoms with Crippen molar-refractivity contribution in [3.63, 3.8) is 0 Å². The van der Waals surface area contributed by atoms with Crippen LogP contribution in [0.4, 0.5) is 0 Å². The standard InChI is InChI=1S/C11H21NO3/c1-4-10(13)11(14)15-9-7-8-12(5-2)6-3/h4,13H,5-9H2,1-3H3. The van der Waals surface area contributed by atoms with Gasteiger partial charge in [0.2, 0.25) is 0 Å². The molecule has 15 heavy (non-hydrogen) atoms. The molecule has 0 aliphatic heterocycles. The van der Waals surface area contributed by atoms with Gasteiger partial charge in [-0.25, -0.2) is 4.79 Å². The zero-order valence-electron chi connectivity index (χ0n) is 9.82. The fourth-order valence-electron chi connectivity index (χ4n) is 1.18. The van der Waals surface area contributed by atoms with Crippen LogP contribution in [0, 0.1) is 0 Å². The van der Waals surface area contributed by atoms with Crippen molar-refractivity contribution in [2.24, 2.45) is 0 Å². The van der Waals surface area contributed by atoms with E-state index in [1.165, 1.54) is 6.08 Å². The van der Waals surface area contributed by atoms with E-state index in [4.69, 9.17) is 9.84 Å². The van der Waals surface area contributed by atoms with Gasteiger partial charge in [0.05, 0.1) is 6.61 Å². The van der Waals surface area contributed by atoms with Crippen LogP contribution in [0.5, 0.6) is 0 Å². The molecule has 0 saturated carbocycles. The smallest absolute Gasteiger partial charge is 0.373 e. The highest BCUT2D eigenvalue weighted by molar-refractivity contribution is 5.85. The molecule has 0 bridgehead atoms. The first-order chi connectivity index (χ1) is 7.15. The number of hydrogen-bond acceptors (Lipinski definition) is 4. The van der Waals surface area contributed by atoms with Crippen LogP contribution in [0.2, 0.25) is 0 Å². The minimum Gasteiger partial charge on any atom is -0.502 e. The van der Waals surface area contributed by atoms with Crippen LogP contribution >= 0.6 is 0 Å². The molecule has 0 atom stereocenters. The Morgan fingerprint density at radius 3 is 2.47 bits per heavy atom. The SMILES string of the molecule is CC=C(O)C(=O)OCCCN(CC)CC. The van der Waals surface area contributed by atoms with E-state index in [0.717, 1.165) is 26.1 Å². The molecule has 0 aliphatic carbocycles. The second kappa shape index (κ2) is 8.29. The average Bonchev–Trinajstić information content (AvgIpc) is 2.27. The predicted molar refractivity (Wildman–Crippen MR) is 59.7 cm³/mol. The molecule has 0 aromatic carbocycles. The average molecular weight is 215 g/mol. The molecule has 0 fully saturated rings. The first kappa shape index (κ1) is 14.0. The minimum absolute atomic E-state index is 0.321. The number of allylic oxidation sites excluding steroid dienone is 1. The third-order valence-electron chi connectivity index (χ3n) is 2.23. The van der Waals surface area contributed by atoms with Gasteiger partial charge in [-0.1, -0.05) is 13.8 Å². The van der Waals surface area contributed by atoms with Gasteiger partial charge in [-0.05, 0) is 32.5 Å². The van der Waals surface area contributed by atoms with E-state index in [-0.39, 0.29) is 5.76 Å². The second-order valence-electron chi connectivity index (χ2n) is 3.19. The quantitative estimate of drug-likeness (QED) is 0.304. The highest BCUT2D eigenvalue weighted by Gasteiger charge is 2.07. The van der Waals surface area contributed by atoms with Crippen molar-refractivity contribution in [2.45, 2.75) is 27.2 Å². The van der Waals surface area contributed by atoms with Gasteiger partial charge in [0.25, 0.3) is 0 Å². The molecular weight excluding hydrogens is 194 g/mol. The summed E-state index contributed by atoms with van der Waals surface area (Å²) in [6.45, 7) is 9.06. The van der Waals surface area contributed by atoms with Gasteiger partial charge in [-0.2, -0.15) is 0 Å². The van der Waals surface area contributed by atoms with Crippen LogP contribution in [0.1, 0.15) is 27.2 Å². The van der Waals surface area contributed by atoms with E-state index in [1.54, 1.807) is 6.92 Å². The largest absolute Gasteiger partial charge is 0.502 e. The maximum absolute atomic E-state index is 11.0. The number of nitrogens with zero attached hydrogens (tertiary/aromatic N) is 1. The number of carbonyl (C=O) groups is 1. The van der Waals surface area contributed by atoms with Gasteiger partial charge < -0.3 is 14.7 Å². The molecule has 88 valence electrons. The molecule has 0 aromatic heterocycles. The Kier molecular flexibility index (Phi) is 7.72. The number of hydrogen-bond donors (Lipinski definition) is 1. The molecule has 4 heteroatoms. The monoisotopic (exact) mass is 215 g/mol. The highest BCUT2D eigenvalue weighted by Crippen LogP contribution is 1.95. The first-order valence-electron chi connectivity index (χ1n) is 5.40. The summed E-state index contributed by atoms with van der Waals surface area (Å²) in [7, 11) is 0. The summed E-state index contributed by atoms with van der Waals surface area (Å²) in [6, 6.07) is 0. The Labute approximate surface area is 91.5 Å². The normalized spacial score (nSPS) is 11.9. The van der Waals surface area contributed by atoms with Crippen LogP contribution in [0.3, 0.4) is 0 Å². The summed E-state index contributed by atoms with van der Waals surface area (Å²) in [6.07, 6.45) is 2.12. The Morgan fingerprint density at radius 2 is 2.00 bits per heavy atom. The van der Waals surface area contributed by atoms with Crippen molar-refractivity contribution in [2.75, 3.05) is 26.2 Å². The lowest BCUT2D eigenvalue weighted by atomic mass is 10.4. The van der Waals surface area contributed by atoms with E-state index >= 15 is 0 Å². The van der Waals surface area contributed by atoms with E-state index < -0.39 is 5.97 Å². The Morgan fingerprint density at radius 1 is 1.40 bits per heavy atom. The maximum atomic E-state index is 11.0. The van der Waals surface area contributed by atoms with Crippen molar-refractivity contribution in [3.8, 4) is 0 Å². The summed E-state index contributed by atoms with van der Waals surface area (Å²) < 4.78 is 4.85. The van der Waals surface area contributed by atoms with E-state index in [1.807, 2.05) is 0 Å². The third kappa shape index (κ3) is 6.12. The van der Waals surface area contributed by atoms with Crippen LogP contribution < -0.4 is 0 Å². The lowest BCUT2D eigenvalue weighted by Gasteiger charge is -2.17. The van der Waals surface area contributed by atoms with Crippen molar-refractivity contribution < 1.29 is 14.6 Å². The van der Waals surface area contributed by atoms with Crippen molar-refractivity contribution in [1.82, 2.24) is 4.90 Å². The molecular formula is C11H21NO3. The lowest BCUT2D eigenvalue weighted by molar-refractivity contribution is -0.142. The highest BCUT2D eigenvalue weighted by atomic mass is 16.5. The van der Waals surface area contributed by atoms with Gasteiger partial charge in [0.15, 0.2) is 5.76 Å². The summed E-state index contributed by atoms with van der Waals surface area (Å²) in [5.74, 6) is -0.963. The van der Waals surface area contributed by atoms with Crippen LogP contribution in [-0.4, -0.2) is 42.2 Å².